The Balaban J connectivity index is 3.13. The summed E-state index contributed by atoms with van der Waals surface area (Å²) < 4.78 is 13.4. The summed E-state index contributed by atoms with van der Waals surface area (Å²) in [5.41, 5.74) is 0. The van der Waals surface area contributed by atoms with E-state index in [4.69, 9.17) is 10.00 Å². The monoisotopic (exact) mass is 125 g/mol. The largest absolute Gasteiger partial charge is 0.697 e. The average molecular weight is 125 g/mol. The zero-order valence-electron chi connectivity index (χ0n) is 3.74. The van der Waals surface area contributed by atoms with Crippen LogP contribution in [0, 0.1) is 0 Å². The molecule has 0 aliphatic heterocycles. The van der Waals surface area contributed by atoms with Crippen molar-refractivity contribution in [2.24, 2.45) is 0 Å². The SMILES string of the molecule is CC(O)O[P+](=O)O. The molecular weight excluding hydrogens is 119 g/mol. The first-order valence-corrected chi connectivity index (χ1v) is 2.77. The molecule has 0 fully saturated rings. The molecule has 2 N–H and O–H groups in total. The Morgan fingerprint density at radius 1 is 1.86 bits per heavy atom. The van der Waals surface area contributed by atoms with E-state index in [0.717, 1.165) is 0 Å². The van der Waals surface area contributed by atoms with Crippen LogP contribution in [0.5, 0.6) is 0 Å². The zero-order valence-corrected chi connectivity index (χ0v) is 4.63. The molecule has 0 heterocycles. The third kappa shape index (κ3) is 5.98. The smallest absolute Gasteiger partial charge is 0.364 e. The van der Waals surface area contributed by atoms with Gasteiger partial charge in [-0.25, -0.2) is 0 Å². The molecule has 0 amide bonds. The Bertz CT molecular complexity index is 70.1. The molecule has 2 atom stereocenters. The van der Waals surface area contributed by atoms with Crippen LogP contribution in [0.4, 0.5) is 0 Å². The minimum absolute atomic E-state index is 1.16. The van der Waals surface area contributed by atoms with Crippen molar-refractivity contribution in [2.45, 2.75) is 13.2 Å². The van der Waals surface area contributed by atoms with Crippen molar-refractivity contribution < 1.29 is 19.1 Å². The maximum absolute atomic E-state index is 9.58. The third-order valence-corrected chi connectivity index (χ3v) is 0.728. The summed E-state index contributed by atoms with van der Waals surface area (Å²) in [6.07, 6.45) is -1.16. The molecule has 0 radical (unpaired) electrons. The van der Waals surface area contributed by atoms with Gasteiger partial charge < -0.3 is 5.11 Å². The van der Waals surface area contributed by atoms with Crippen LogP contribution in [0.25, 0.3) is 0 Å². The topological polar surface area (TPSA) is 66.8 Å². The lowest BCUT2D eigenvalue weighted by Crippen LogP contribution is -1.98. The van der Waals surface area contributed by atoms with Crippen LogP contribution in [0.1, 0.15) is 6.92 Å². The fourth-order valence-corrected chi connectivity index (χ4v) is 0.392. The molecule has 0 aliphatic carbocycles. The van der Waals surface area contributed by atoms with Crippen molar-refractivity contribution in [3.8, 4) is 0 Å². The lowest BCUT2D eigenvalue weighted by molar-refractivity contribution is -0.00179. The third-order valence-electron chi connectivity index (χ3n) is 0.243. The second kappa shape index (κ2) is 3.04. The molecule has 0 aromatic carbocycles. The van der Waals surface area contributed by atoms with Crippen LogP contribution < -0.4 is 0 Å². The van der Waals surface area contributed by atoms with Crippen LogP contribution in [-0.2, 0) is 9.09 Å². The van der Waals surface area contributed by atoms with Crippen LogP contribution in [0.3, 0.4) is 0 Å². The van der Waals surface area contributed by atoms with Gasteiger partial charge in [-0.1, -0.05) is 4.52 Å². The number of aliphatic hydroxyl groups is 1. The second-order valence-electron chi connectivity index (χ2n) is 0.943. The predicted molar refractivity (Wildman–Crippen MR) is 22.6 cm³/mol. The van der Waals surface area contributed by atoms with Crippen LogP contribution in [0.2, 0.25) is 0 Å². The molecule has 0 aliphatic rings. The van der Waals surface area contributed by atoms with E-state index in [1.165, 1.54) is 6.92 Å². The van der Waals surface area contributed by atoms with Crippen molar-refractivity contribution in [3.63, 3.8) is 0 Å². The minimum atomic E-state index is -2.64. The lowest BCUT2D eigenvalue weighted by Gasteiger charge is -1.85. The molecular formula is C2H6O4P+. The van der Waals surface area contributed by atoms with Gasteiger partial charge in [0.2, 0.25) is 6.29 Å². The van der Waals surface area contributed by atoms with Gasteiger partial charge in [-0.3, -0.25) is 0 Å². The first kappa shape index (κ1) is 6.98. The van der Waals surface area contributed by atoms with Crippen molar-refractivity contribution >= 4 is 8.25 Å². The van der Waals surface area contributed by atoms with E-state index in [2.05, 4.69) is 4.52 Å². The summed E-state index contributed by atoms with van der Waals surface area (Å²) in [5.74, 6) is 0. The minimum Gasteiger partial charge on any atom is -0.364 e. The summed E-state index contributed by atoms with van der Waals surface area (Å²) >= 11 is 0. The molecule has 0 aromatic heterocycles. The molecule has 0 aromatic rings. The maximum Gasteiger partial charge on any atom is 0.697 e. The quantitative estimate of drug-likeness (QED) is 0.402. The maximum atomic E-state index is 9.58. The highest BCUT2D eigenvalue weighted by atomic mass is 31.1. The number of aliphatic hydroxyl groups excluding tert-OH is 1. The van der Waals surface area contributed by atoms with Gasteiger partial charge in [0, 0.05) is 4.57 Å². The summed E-state index contributed by atoms with van der Waals surface area (Å²) in [7, 11) is -2.64. The van der Waals surface area contributed by atoms with Crippen LogP contribution in [-0.4, -0.2) is 16.3 Å². The predicted octanol–water partition coefficient (Wildman–Crippen LogP) is -0.00900. The Morgan fingerprint density at radius 3 is 2.29 bits per heavy atom. The summed E-state index contributed by atoms with van der Waals surface area (Å²) in [4.78, 5) is 7.85. The van der Waals surface area contributed by atoms with E-state index in [1.807, 2.05) is 0 Å². The van der Waals surface area contributed by atoms with E-state index >= 15 is 0 Å². The Morgan fingerprint density at radius 2 is 2.29 bits per heavy atom. The molecule has 0 spiro atoms. The molecule has 0 bridgehead atoms. The lowest BCUT2D eigenvalue weighted by atomic mass is 10.8. The highest BCUT2D eigenvalue weighted by Crippen LogP contribution is 2.15. The van der Waals surface area contributed by atoms with Gasteiger partial charge in [-0.2, -0.15) is 0 Å². The Kier molecular flexibility index (Phi) is 3.04. The van der Waals surface area contributed by atoms with Crippen molar-refractivity contribution in [2.75, 3.05) is 0 Å². The number of hydrogen-bond donors (Lipinski definition) is 2. The first-order chi connectivity index (χ1) is 3.13. The molecule has 0 saturated carbocycles. The fourth-order valence-electron chi connectivity index (χ4n) is 0.131. The number of hydrogen-bond acceptors (Lipinski definition) is 3. The van der Waals surface area contributed by atoms with E-state index in [1.54, 1.807) is 0 Å². The Hall–Kier alpha value is -0.0200. The van der Waals surface area contributed by atoms with Crippen molar-refractivity contribution in [1.82, 2.24) is 0 Å². The summed E-state index contributed by atoms with van der Waals surface area (Å²) in [5, 5.41) is 8.16. The summed E-state index contributed by atoms with van der Waals surface area (Å²) in [6, 6.07) is 0. The molecule has 5 heteroatoms. The molecule has 4 nitrogen and oxygen atoms in total. The highest BCUT2D eigenvalue weighted by Gasteiger charge is 2.15. The fraction of sp³-hybridized carbons (Fsp3) is 1.00. The van der Waals surface area contributed by atoms with Gasteiger partial charge in [-0.15, -0.1) is 4.89 Å². The number of rotatable bonds is 2. The van der Waals surface area contributed by atoms with E-state index in [0.29, 0.717) is 0 Å². The van der Waals surface area contributed by atoms with Gasteiger partial charge in [-0.05, 0) is 6.92 Å². The van der Waals surface area contributed by atoms with Gasteiger partial charge in [0.1, 0.15) is 0 Å². The van der Waals surface area contributed by atoms with Crippen LogP contribution in [0.15, 0.2) is 0 Å². The summed E-state index contributed by atoms with van der Waals surface area (Å²) in [6.45, 7) is 1.25. The molecule has 7 heavy (non-hydrogen) atoms. The highest BCUT2D eigenvalue weighted by molar-refractivity contribution is 7.32. The average Bonchev–Trinajstić information content (AvgIpc) is 1.27. The van der Waals surface area contributed by atoms with Gasteiger partial charge in [0.05, 0.1) is 0 Å². The van der Waals surface area contributed by atoms with Crippen molar-refractivity contribution in [1.29, 1.82) is 0 Å². The van der Waals surface area contributed by atoms with E-state index in [-0.39, 0.29) is 0 Å². The van der Waals surface area contributed by atoms with Crippen molar-refractivity contribution in [3.05, 3.63) is 0 Å². The first-order valence-electron chi connectivity index (χ1n) is 1.64. The standard InChI is InChI=1S/C2H5O4P/c1-2(3)6-7(4)5/h2-3H,1H3/p+1. The molecule has 0 rings (SSSR count). The van der Waals surface area contributed by atoms with Gasteiger partial charge in [0.25, 0.3) is 0 Å². The molecule has 42 valence electrons. The zero-order chi connectivity index (χ0) is 5.86. The Labute approximate surface area is 41.7 Å². The van der Waals surface area contributed by atoms with E-state index < -0.39 is 14.5 Å². The van der Waals surface area contributed by atoms with Gasteiger partial charge in [0.15, 0.2) is 0 Å². The molecule has 0 saturated heterocycles. The van der Waals surface area contributed by atoms with E-state index in [9.17, 15) is 4.57 Å². The second-order valence-corrected chi connectivity index (χ2v) is 1.63. The van der Waals surface area contributed by atoms with Crippen LogP contribution >= 0.6 is 8.25 Å². The molecule has 2 unspecified atom stereocenters. The normalized spacial score (nSPS) is 16.1. The van der Waals surface area contributed by atoms with Gasteiger partial charge >= 0.3 is 8.25 Å².